The van der Waals surface area contributed by atoms with Crippen LogP contribution in [0.3, 0.4) is 0 Å². The van der Waals surface area contributed by atoms with E-state index in [-0.39, 0.29) is 0 Å². The van der Waals surface area contributed by atoms with Crippen LogP contribution in [0.5, 0.6) is 0 Å². The number of rotatable bonds is 4. The van der Waals surface area contributed by atoms with Crippen molar-refractivity contribution < 1.29 is 0 Å². The van der Waals surface area contributed by atoms with Gasteiger partial charge < -0.3 is 0 Å². The average Bonchev–Trinajstić information content (AvgIpc) is 3.82. The van der Waals surface area contributed by atoms with Crippen molar-refractivity contribution in [2.45, 2.75) is 0 Å². The number of fused-ring (bicyclic) bond motifs is 9. The van der Waals surface area contributed by atoms with E-state index in [9.17, 15) is 0 Å². The first-order valence-corrected chi connectivity index (χ1v) is 21.2. The van der Waals surface area contributed by atoms with Gasteiger partial charge in [0.25, 0.3) is 0 Å². The number of benzene rings is 11. The molecule has 0 fully saturated rings. The summed E-state index contributed by atoms with van der Waals surface area (Å²) in [5.74, 6) is 0. The second kappa shape index (κ2) is 12.6. The number of hydrogen-bond acceptors (Lipinski definition) is 1. The third kappa shape index (κ3) is 4.83. The fraction of sp³-hybridized carbons (Fsp3) is 0. The highest BCUT2D eigenvalue weighted by Crippen LogP contribution is 2.51. The van der Waals surface area contributed by atoms with Crippen LogP contribution in [0.1, 0.15) is 0 Å². The van der Waals surface area contributed by atoms with Gasteiger partial charge >= 0.3 is 0 Å². The van der Waals surface area contributed by atoms with E-state index < -0.39 is 0 Å². The molecule has 0 aliphatic heterocycles. The van der Waals surface area contributed by atoms with E-state index in [0.29, 0.717) is 0 Å². The fourth-order valence-electron chi connectivity index (χ4n) is 10.2. The smallest absolute Gasteiger partial charge is 0.0361 e. The van der Waals surface area contributed by atoms with Crippen molar-refractivity contribution in [1.82, 2.24) is 0 Å². The van der Waals surface area contributed by atoms with Crippen LogP contribution in [0.15, 0.2) is 206 Å². The maximum Gasteiger partial charge on any atom is 0.0361 e. The molecule has 0 radical (unpaired) electrons. The Bertz CT molecular complexity index is 3630. The van der Waals surface area contributed by atoms with Crippen LogP contribution in [0.4, 0.5) is 0 Å². The molecule has 0 bridgehead atoms. The minimum Gasteiger partial charge on any atom is -0.135 e. The quantitative estimate of drug-likeness (QED) is 0.157. The van der Waals surface area contributed by atoms with Gasteiger partial charge in [-0.1, -0.05) is 188 Å². The largest absolute Gasteiger partial charge is 0.135 e. The molecule has 11 aromatic carbocycles. The molecule has 1 aliphatic carbocycles. The zero-order valence-corrected chi connectivity index (χ0v) is 32.9. The van der Waals surface area contributed by atoms with Crippen LogP contribution in [-0.2, 0) is 0 Å². The van der Waals surface area contributed by atoms with Gasteiger partial charge in [-0.25, -0.2) is 0 Å². The standard InChI is InChI=1S/C58H34S/c1-2-13-38-33-55-53(32-37(38)12-1)45-29-28-39(34-54(45)59-55)57-50-20-9-7-18-48(50)56(49-19-8-10-21-51(49)57)36-26-24-35(25-27-36)40-14-3-4-15-41(40)44-30-31-52-43-17-6-5-16-42(43)46-22-11-23-47(44)58(46)52/h1-34H. The zero-order chi connectivity index (χ0) is 38.6. The van der Waals surface area contributed by atoms with Gasteiger partial charge in [-0.2, -0.15) is 0 Å². The predicted octanol–water partition coefficient (Wildman–Crippen LogP) is 17.0. The first-order valence-electron chi connectivity index (χ1n) is 20.4. The van der Waals surface area contributed by atoms with Crippen LogP contribution in [0, 0.1) is 0 Å². The molecule has 59 heavy (non-hydrogen) atoms. The monoisotopic (exact) mass is 762 g/mol. The van der Waals surface area contributed by atoms with E-state index in [0.717, 1.165) is 0 Å². The van der Waals surface area contributed by atoms with Gasteiger partial charge in [0.1, 0.15) is 0 Å². The molecule has 1 aliphatic rings. The lowest BCUT2D eigenvalue weighted by molar-refractivity contribution is 1.59. The summed E-state index contributed by atoms with van der Waals surface area (Å²) < 4.78 is 2.66. The van der Waals surface area contributed by atoms with Crippen LogP contribution in [0.25, 0.3) is 130 Å². The molecule has 0 spiro atoms. The maximum absolute atomic E-state index is 2.42. The molecule has 0 saturated heterocycles. The molecule has 272 valence electrons. The van der Waals surface area contributed by atoms with E-state index in [4.69, 9.17) is 0 Å². The predicted molar refractivity (Wildman–Crippen MR) is 256 cm³/mol. The van der Waals surface area contributed by atoms with Crippen molar-refractivity contribution in [3.63, 3.8) is 0 Å². The third-order valence-corrected chi connectivity index (χ3v) is 13.9. The SMILES string of the molecule is c1ccc(-c2ccc3c4c(cccc24)-c2ccccc2-3)c(-c2ccc(-c3c4ccccc4c(-c4ccc5c(c4)sc4cc6ccccc6cc45)c4ccccc34)cc2)c1. The summed E-state index contributed by atoms with van der Waals surface area (Å²) in [4.78, 5) is 0. The molecule has 13 rings (SSSR count). The van der Waals surface area contributed by atoms with Crippen molar-refractivity contribution >= 4 is 74.6 Å². The molecule has 0 unspecified atom stereocenters. The number of hydrogen-bond donors (Lipinski definition) is 0. The minimum atomic E-state index is 1.21. The highest BCUT2D eigenvalue weighted by Gasteiger charge is 2.23. The Balaban J connectivity index is 0.945. The normalized spacial score (nSPS) is 12.1. The summed E-state index contributed by atoms with van der Waals surface area (Å²) >= 11 is 1.90. The van der Waals surface area contributed by atoms with E-state index in [1.807, 2.05) is 11.3 Å². The van der Waals surface area contributed by atoms with Crippen molar-refractivity contribution in [2.24, 2.45) is 0 Å². The topological polar surface area (TPSA) is 0 Å². The third-order valence-electron chi connectivity index (χ3n) is 12.8. The fourth-order valence-corrected chi connectivity index (χ4v) is 11.4. The van der Waals surface area contributed by atoms with Crippen LogP contribution >= 0.6 is 11.3 Å². The Hall–Kier alpha value is -7.32. The second-order valence-electron chi connectivity index (χ2n) is 15.9. The van der Waals surface area contributed by atoms with Crippen molar-refractivity contribution in [3.8, 4) is 66.8 Å². The van der Waals surface area contributed by atoms with Gasteiger partial charge in [0, 0.05) is 20.2 Å². The highest BCUT2D eigenvalue weighted by molar-refractivity contribution is 7.25. The molecule has 1 heterocycles. The Morgan fingerprint density at radius 3 is 1.37 bits per heavy atom. The Kier molecular flexibility index (Phi) is 6.98. The maximum atomic E-state index is 2.42. The van der Waals surface area contributed by atoms with E-state index in [1.165, 1.54) is 130 Å². The highest BCUT2D eigenvalue weighted by atomic mass is 32.1. The van der Waals surface area contributed by atoms with Gasteiger partial charge in [0.2, 0.25) is 0 Å². The first-order chi connectivity index (χ1) is 29.3. The lowest BCUT2D eigenvalue weighted by Gasteiger charge is -2.18. The van der Waals surface area contributed by atoms with Crippen molar-refractivity contribution in [1.29, 1.82) is 0 Å². The molecule has 0 nitrogen and oxygen atoms in total. The van der Waals surface area contributed by atoms with E-state index >= 15 is 0 Å². The summed E-state index contributed by atoms with van der Waals surface area (Å²) in [6.07, 6.45) is 0. The summed E-state index contributed by atoms with van der Waals surface area (Å²) in [7, 11) is 0. The molecular weight excluding hydrogens is 729 g/mol. The molecule has 0 N–H and O–H groups in total. The summed E-state index contributed by atoms with van der Waals surface area (Å²) in [5, 5.41) is 13.0. The minimum absolute atomic E-state index is 1.21. The first kappa shape index (κ1) is 32.7. The summed E-state index contributed by atoms with van der Waals surface area (Å²) in [6, 6.07) is 76.9. The molecule has 1 heteroatoms. The molecule has 0 amide bonds. The van der Waals surface area contributed by atoms with Gasteiger partial charge in [-0.05, 0) is 128 Å². The molecule has 0 atom stereocenters. The molecular formula is C58H34S. The summed E-state index contributed by atoms with van der Waals surface area (Å²) in [6.45, 7) is 0. The lowest BCUT2D eigenvalue weighted by atomic mass is 9.85. The van der Waals surface area contributed by atoms with Crippen LogP contribution < -0.4 is 0 Å². The van der Waals surface area contributed by atoms with Crippen LogP contribution in [-0.4, -0.2) is 0 Å². The zero-order valence-electron chi connectivity index (χ0n) is 32.0. The van der Waals surface area contributed by atoms with Crippen molar-refractivity contribution in [3.05, 3.63) is 206 Å². The van der Waals surface area contributed by atoms with E-state index in [1.54, 1.807) is 0 Å². The van der Waals surface area contributed by atoms with Gasteiger partial charge in [0.05, 0.1) is 0 Å². The lowest BCUT2D eigenvalue weighted by Crippen LogP contribution is -1.91. The summed E-state index contributed by atoms with van der Waals surface area (Å²) in [5.41, 5.74) is 15.3. The van der Waals surface area contributed by atoms with Gasteiger partial charge in [-0.15, -0.1) is 11.3 Å². The van der Waals surface area contributed by atoms with Crippen LogP contribution in [0.2, 0.25) is 0 Å². The molecule has 12 aromatic rings. The number of thiophene rings is 1. The molecule has 0 saturated carbocycles. The van der Waals surface area contributed by atoms with Gasteiger partial charge in [-0.3, -0.25) is 0 Å². The van der Waals surface area contributed by atoms with Crippen molar-refractivity contribution in [2.75, 3.05) is 0 Å². The average molecular weight is 763 g/mol. The van der Waals surface area contributed by atoms with E-state index in [2.05, 4.69) is 206 Å². The Morgan fingerprint density at radius 1 is 0.237 bits per heavy atom. The second-order valence-corrected chi connectivity index (χ2v) is 17.0. The molecule has 1 aromatic heterocycles. The Labute approximate surface area is 345 Å². The van der Waals surface area contributed by atoms with Gasteiger partial charge in [0.15, 0.2) is 0 Å². The Morgan fingerprint density at radius 2 is 0.695 bits per heavy atom.